The van der Waals surface area contributed by atoms with E-state index in [2.05, 4.69) is 33.2 Å². The van der Waals surface area contributed by atoms with Crippen molar-refractivity contribution in [3.05, 3.63) is 86.0 Å². The van der Waals surface area contributed by atoms with Gasteiger partial charge >= 0.3 is 0 Å². The van der Waals surface area contributed by atoms with Crippen LogP contribution in [0.15, 0.2) is 60.2 Å². The fraction of sp³-hybridized carbons (Fsp3) is 0.179. The zero-order chi connectivity index (χ0) is 26.2. The van der Waals surface area contributed by atoms with Crippen LogP contribution in [0.3, 0.4) is 0 Å². The summed E-state index contributed by atoms with van der Waals surface area (Å²) in [7, 11) is 1.48. The Kier molecular flexibility index (Phi) is 9.08. The zero-order valence-corrected chi connectivity index (χ0v) is 22.6. The third-order valence-electron chi connectivity index (χ3n) is 5.55. The molecule has 36 heavy (non-hydrogen) atoms. The van der Waals surface area contributed by atoms with Gasteiger partial charge < -0.3 is 20.1 Å². The standard InChI is InChI=1S/C28H26IN3O4/c1-17-9-7-11-24(19(17)3)31-26(33)16-36-27-22(29)13-20(14-25(27)35-4)12-21(15-30)28(34)32-23-10-6-5-8-18(23)2/h5-14H,16H2,1-4H3,(H,31,33)(H,32,34)/b21-12-. The minimum atomic E-state index is -0.510. The van der Waals surface area contributed by atoms with Gasteiger partial charge in [-0.25, -0.2) is 0 Å². The Morgan fingerprint density at radius 3 is 2.39 bits per heavy atom. The summed E-state index contributed by atoms with van der Waals surface area (Å²) in [5, 5.41) is 15.2. The summed E-state index contributed by atoms with van der Waals surface area (Å²) in [6.45, 7) is 5.59. The lowest BCUT2D eigenvalue weighted by molar-refractivity contribution is -0.118. The van der Waals surface area contributed by atoms with Crippen molar-refractivity contribution in [1.29, 1.82) is 5.26 Å². The molecule has 0 unspecified atom stereocenters. The van der Waals surface area contributed by atoms with Crippen LogP contribution in [0.2, 0.25) is 0 Å². The molecule has 2 N–H and O–H groups in total. The van der Waals surface area contributed by atoms with E-state index in [0.717, 1.165) is 22.4 Å². The molecule has 2 amide bonds. The molecule has 0 aliphatic heterocycles. The molecule has 8 heteroatoms. The highest BCUT2D eigenvalue weighted by atomic mass is 127. The minimum Gasteiger partial charge on any atom is -0.493 e. The van der Waals surface area contributed by atoms with E-state index in [1.807, 2.05) is 63.2 Å². The van der Waals surface area contributed by atoms with Crippen molar-refractivity contribution >= 4 is 51.9 Å². The number of halogens is 1. The number of anilines is 2. The van der Waals surface area contributed by atoms with Gasteiger partial charge in [0.2, 0.25) is 0 Å². The Morgan fingerprint density at radius 1 is 1.00 bits per heavy atom. The predicted molar refractivity (Wildman–Crippen MR) is 149 cm³/mol. The number of carbonyl (C=O) groups is 2. The van der Waals surface area contributed by atoms with E-state index in [-0.39, 0.29) is 18.1 Å². The van der Waals surface area contributed by atoms with Gasteiger partial charge in [-0.1, -0.05) is 30.3 Å². The van der Waals surface area contributed by atoms with Gasteiger partial charge in [0.1, 0.15) is 11.6 Å². The van der Waals surface area contributed by atoms with Crippen LogP contribution < -0.4 is 20.1 Å². The van der Waals surface area contributed by atoms with Crippen molar-refractivity contribution in [3.8, 4) is 17.6 Å². The monoisotopic (exact) mass is 595 g/mol. The molecule has 0 radical (unpaired) electrons. The number of para-hydroxylation sites is 1. The van der Waals surface area contributed by atoms with Gasteiger partial charge in [0.15, 0.2) is 18.1 Å². The number of aryl methyl sites for hydroxylation is 2. The summed E-state index contributed by atoms with van der Waals surface area (Å²) in [6.07, 6.45) is 1.48. The van der Waals surface area contributed by atoms with Crippen LogP contribution in [0.1, 0.15) is 22.3 Å². The first kappa shape index (κ1) is 26.8. The molecule has 3 rings (SSSR count). The second-order valence-electron chi connectivity index (χ2n) is 8.06. The lowest BCUT2D eigenvalue weighted by Gasteiger charge is -2.15. The molecule has 0 fully saturated rings. The van der Waals surface area contributed by atoms with Crippen molar-refractivity contribution in [2.24, 2.45) is 0 Å². The van der Waals surface area contributed by atoms with Gasteiger partial charge in [-0.15, -0.1) is 0 Å². The molecule has 3 aromatic carbocycles. The smallest absolute Gasteiger partial charge is 0.266 e. The number of nitriles is 1. The number of ether oxygens (including phenoxy) is 2. The summed E-state index contributed by atoms with van der Waals surface area (Å²) in [5.74, 6) is -0.0343. The van der Waals surface area contributed by atoms with Gasteiger partial charge in [0.05, 0.1) is 10.7 Å². The Bertz CT molecular complexity index is 1380. The number of amides is 2. The molecule has 3 aromatic rings. The average Bonchev–Trinajstić information content (AvgIpc) is 2.85. The second-order valence-corrected chi connectivity index (χ2v) is 9.22. The largest absolute Gasteiger partial charge is 0.493 e. The summed E-state index contributed by atoms with van der Waals surface area (Å²) >= 11 is 2.06. The molecule has 0 aliphatic carbocycles. The first-order valence-electron chi connectivity index (χ1n) is 11.1. The van der Waals surface area contributed by atoms with Crippen LogP contribution in [0.4, 0.5) is 11.4 Å². The number of nitrogens with one attached hydrogen (secondary N) is 2. The first-order chi connectivity index (χ1) is 17.2. The fourth-order valence-corrected chi connectivity index (χ4v) is 4.17. The SMILES string of the molecule is COc1cc(/C=C(/C#N)C(=O)Nc2ccccc2C)cc(I)c1OCC(=O)Nc1cccc(C)c1C. The number of hydrogen-bond donors (Lipinski definition) is 2. The molecule has 0 saturated heterocycles. The molecule has 0 spiro atoms. The Labute approximate surface area is 224 Å². The first-order valence-corrected chi connectivity index (χ1v) is 12.2. The summed E-state index contributed by atoms with van der Waals surface area (Å²) in [5.41, 5.74) is 4.87. The highest BCUT2D eigenvalue weighted by Gasteiger charge is 2.16. The maximum Gasteiger partial charge on any atom is 0.266 e. The average molecular weight is 595 g/mol. The van der Waals surface area contributed by atoms with Gasteiger partial charge in [-0.05, 0) is 96.0 Å². The van der Waals surface area contributed by atoms with Crippen LogP contribution in [0.25, 0.3) is 6.08 Å². The maximum absolute atomic E-state index is 12.7. The van der Waals surface area contributed by atoms with Gasteiger partial charge in [-0.2, -0.15) is 5.26 Å². The van der Waals surface area contributed by atoms with Crippen molar-refractivity contribution in [1.82, 2.24) is 0 Å². The Morgan fingerprint density at radius 2 is 1.69 bits per heavy atom. The lowest BCUT2D eigenvalue weighted by atomic mass is 10.1. The number of rotatable bonds is 8. The van der Waals surface area contributed by atoms with Crippen molar-refractivity contribution in [2.45, 2.75) is 20.8 Å². The third kappa shape index (κ3) is 6.64. The summed E-state index contributed by atoms with van der Waals surface area (Å²) in [6, 6.07) is 18.4. The maximum atomic E-state index is 12.7. The molecule has 184 valence electrons. The van der Waals surface area contributed by atoms with Crippen LogP contribution in [-0.4, -0.2) is 25.5 Å². The molecule has 7 nitrogen and oxygen atoms in total. The van der Waals surface area contributed by atoms with Gasteiger partial charge in [-0.3, -0.25) is 9.59 Å². The summed E-state index contributed by atoms with van der Waals surface area (Å²) in [4.78, 5) is 25.2. The van der Waals surface area contributed by atoms with Crippen LogP contribution in [0.5, 0.6) is 11.5 Å². The quantitative estimate of drug-likeness (QED) is 0.195. The lowest BCUT2D eigenvalue weighted by Crippen LogP contribution is -2.21. The summed E-state index contributed by atoms with van der Waals surface area (Å²) < 4.78 is 11.9. The second kappa shape index (κ2) is 12.2. The minimum absolute atomic E-state index is 0.0577. The predicted octanol–water partition coefficient (Wildman–Crippen LogP) is 5.79. The highest BCUT2D eigenvalue weighted by Crippen LogP contribution is 2.35. The van der Waals surface area contributed by atoms with Crippen LogP contribution in [-0.2, 0) is 9.59 Å². The normalized spacial score (nSPS) is 10.8. The number of carbonyl (C=O) groups excluding carboxylic acids is 2. The van der Waals surface area contributed by atoms with E-state index in [9.17, 15) is 14.9 Å². The van der Waals surface area contributed by atoms with Crippen LogP contribution >= 0.6 is 22.6 Å². The molecule has 0 aliphatic rings. The van der Waals surface area contributed by atoms with Crippen molar-refractivity contribution in [3.63, 3.8) is 0 Å². The molecular weight excluding hydrogens is 569 g/mol. The van der Waals surface area contributed by atoms with Crippen molar-refractivity contribution in [2.75, 3.05) is 24.4 Å². The molecule has 0 atom stereocenters. The number of hydrogen-bond acceptors (Lipinski definition) is 5. The van der Waals surface area contributed by atoms with Crippen LogP contribution in [0, 0.1) is 35.7 Å². The Hall–Kier alpha value is -3.84. The number of methoxy groups -OCH3 is 1. The number of benzene rings is 3. The molecule has 0 bridgehead atoms. The molecule has 0 heterocycles. The topological polar surface area (TPSA) is 100 Å². The molecule has 0 saturated carbocycles. The van der Waals surface area contributed by atoms with E-state index >= 15 is 0 Å². The molecule has 0 aromatic heterocycles. The van der Waals surface area contributed by atoms with E-state index in [1.165, 1.54) is 13.2 Å². The fourth-order valence-electron chi connectivity index (χ4n) is 3.39. The van der Waals surface area contributed by atoms with E-state index in [4.69, 9.17) is 9.47 Å². The Balaban J connectivity index is 1.76. The number of nitrogens with zero attached hydrogens (tertiary/aromatic N) is 1. The van der Waals surface area contributed by atoms with E-state index in [0.29, 0.717) is 26.3 Å². The third-order valence-corrected chi connectivity index (χ3v) is 6.35. The van der Waals surface area contributed by atoms with E-state index < -0.39 is 5.91 Å². The van der Waals surface area contributed by atoms with Crippen molar-refractivity contribution < 1.29 is 19.1 Å². The molecular formula is C28H26IN3O4. The van der Waals surface area contributed by atoms with Gasteiger partial charge in [0, 0.05) is 11.4 Å². The highest BCUT2D eigenvalue weighted by molar-refractivity contribution is 14.1. The van der Waals surface area contributed by atoms with Gasteiger partial charge in [0.25, 0.3) is 11.8 Å². The van der Waals surface area contributed by atoms with E-state index in [1.54, 1.807) is 18.2 Å². The zero-order valence-electron chi connectivity index (χ0n) is 20.4.